The van der Waals surface area contributed by atoms with Crippen molar-refractivity contribution in [3.05, 3.63) is 65.3 Å². The maximum atomic E-state index is 12.9. The van der Waals surface area contributed by atoms with Crippen LogP contribution in [-0.4, -0.2) is 24.3 Å². The van der Waals surface area contributed by atoms with Crippen molar-refractivity contribution < 1.29 is 4.52 Å². The van der Waals surface area contributed by atoms with Crippen LogP contribution < -0.4 is 5.56 Å². The molecule has 0 unspecified atom stereocenters. The molecule has 1 fully saturated rings. The van der Waals surface area contributed by atoms with E-state index in [2.05, 4.69) is 19.7 Å². The fourth-order valence-electron chi connectivity index (χ4n) is 3.18. The lowest BCUT2D eigenvalue weighted by Gasteiger charge is -2.06. The molecule has 0 aromatic carbocycles. The molecule has 0 saturated heterocycles. The third kappa shape index (κ3) is 2.71. The topological polar surface area (TPSA) is 78.7 Å². The molecule has 1 aliphatic rings. The van der Waals surface area contributed by atoms with Gasteiger partial charge in [-0.15, -0.1) is 0 Å². The Morgan fingerprint density at radius 1 is 1.08 bits per heavy atom. The number of hydrogen-bond acceptors (Lipinski definition) is 5. The van der Waals surface area contributed by atoms with E-state index in [0.717, 1.165) is 23.0 Å². The molecule has 7 heteroatoms. The summed E-state index contributed by atoms with van der Waals surface area (Å²) < 4.78 is 9.02. The van der Waals surface area contributed by atoms with Crippen LogP contribution in [0.3, 0.4) is 0 Å². The molecule has 5 rings (SSSR count). The van der Waals surface area contributed by atoms with Crippen LogP contribution in [0.4, 0.5) is 0 Å². The van der Waals surface area contributed by atoms with E-state index in [1.165, 1.54) is 12.8 Å². The highest BCUT2D eigenvalue weighted by atomic mass is 16.5. The molecule has 0 spiro atoms. The number of rotatable bonds is 5. The molecule has 1 aliphatic carbocycles. The molecular formula is C19H17N5O2. The van der Waals surface area contributed by atoms with E-state index in [4.69, 9.17) is 4.52 Å². The average Bonchev–Trinajstić information content (AvgIpc) is 3.20. The van der Waals surface area contributed by atoms with Crippen LogP contribution in [-0.2, 0) is 13.1 Å². The van der Waals surface area contributed by atoms with Gasteiger partial charge in [-0.1, -0.05) is 5.16 Å². The Morgan fingerprint density at radius 2 is 1.85 bits per heavy atom. The number of nitrogens with zero attached hydrogens (tertiary/aromatic N) is 5. The second-order valence-electron chi connectivity index (χ2n) is 6.71. The second-order valence-corrected chi connectivity index (χ2v) is 6.71. The number of aromatic nitrogens is 5. The normalized spacial score (nSPS) is 14.2. The molecule has 130 valence electrons. The van der Waals surface area contributed by atoms with E-state index in [9.17, 15) is 4.79 Å². The Bertz CT molecular complexity index is 1120. The lowest BCUT2D eigenvalue weighted by Crippen LogP contribution is -2.22. The van der Waals surface area contributed by atoms with Crippen LogP contribution in [0.5, 0.6) is 0 Å². The predicted octanol–water partition coefficient (Wildman–Crippen LogP) is 2.71. The Balaban J connectivity index is 1.47. The highest BCUT2D eigenvalue weighted by molar-refractivity contribution is 5.78. The van der Waals surface area contributed by atoms with Gasteiger partial charge < -0.3 is 13.7 Å². The van der Waals surface area contributed by atoms with Crippen molar-refractivity contribution in [1.29, 1.82) is 0 Å². The summed E-state index contributed by atoms with van der Waals surface area (Å²) in [6.45, 7) is 1.16. The molecule has 0 bridgehead atoms. The van der Waals surface area contributed by atoms with Gasteiger partial charge in [-0.05, 0) is 43.0 Å². The summed E-state index contributed by atoms with van der Waals surface area (Å²) in [6, 6.07) is 7.59. The van der Waals surface area contributed by atoms with E-state index in [1.54, 1.807) is 23.2 Å². The van der Waals surface area contributed by atoms with Crippen molar-refractivity contribution in [2.45, 2.75) is 25.9 Å². The van der Waals surface area contributed by atoms with Gasteiger partial charge in [-0.2, -0.15) is 4.98 Å². The minimum Gasteiger partial charge on any atom is -0.343 e. The van der Waals surface area contributed by atoms with Crippen LogP contribution in [0.15, 0.2) is 58.4 Å². The third-order valence-corrected chi connectivity index (χ3v) is 4.76. The van der Waals surface area contributed by atoms with Crippen LogP contribution in [0.1, 0.15) is 18.7 Å². The fraction of sp³-hybridized carbons (Fsp3) is 0.263. The summed E-state index contributed by atoms with van der Waals surface area (Å²) >= 11 is 0. The van der Waals surface area contributed by atoms with Crippen molar-refractivity contribution in [2.24, 2.45) is 5.92 Å². The smallest absolute Gasteiger partial charge is 0.275 e. The quantitative estimate of drug-likeness (QED) is 0.555. The monoisotopic (exact) mass is 347 g/mol. The highest BCUT2D eigenvalue weighted by Gasteiger charge is 2.23. The first kappa shape index (κ1) is 15.1. The lowest BCUT2D eigenvalue weighted by molar-refractivity contribution is 0.370. The van der Waals surface area contributed by atoms with E-state index >= 15 is 0 Å². The molecule has 0 N–H and O–H groups in total. The van der Waals surface area contributed by atoms with Gasteiger partial charge in [0, 0.05) is 42.3 Å². The third-order valence-electron chi connectivity index (χ3n) is 4.76. The van der Waals surface area contributed by atoms with Crippen LogP contribution >= 0.6 is 0 Å². The Morgan fingerprint density at radius 3 is 2.62 bits per heavy atom. The second kappa shape index (κ2) is 5.94. The summed E-state index contributed by atoms with van der Waals surface area (Å²) in [7, 11) is 0. The molecule has 4 heterocycles. The summed E-state index contributed by atoms with van der Waals surface area (Å²) in [5.41, 5.74) is 1.54. The minimum absolute atomic E-state index is 0.0307. The van der Waals surface area contributed by atoms with Crippen molar-refractivity contribution in [3.8, 4) is 11.4 Å². The zero-order chi connectivity index (χ0) is 17.5. The summed E-state index contributed by atoms with van der Waals surface area (Å²) in [5, 5.41) is 4.96. The Hall–Kier alpha value is -3.22. The molecule has 0 amide bonds. The minimum atomic E-state index is -0.0307. The molecule has 0 radical (unpaired) electrons. The van der Waals surface area contributed by atoms with Gasteiger partial charge >= 0.3 is 0 Å². The molecular weight excluding hydrogens is 330 g/mol. The largest absolute Gasteiger partial charge is 0.343 e. The first-order valence-electron chi connectivity index (χ1n) is 8.69. The average molecular weight is 347 g/mol. The Kier molecular flexibility index (Phi) is 3.44. The molecule has 0 aliphatic heterocycles. The summed E-state index contributed by atoms with van der Waals surface area (Å²) in [4.78, 5) is 21.3. The molecule has 1 saturated carbocycles. The highest BCUT2D eigenvalue weighted by Crippen LogP contribution is 2.31. The number of pyridine rings is 2. The maximum absolute atomic E-state index is 12.9. The van der Waals surface area contributed by atoms with E-state index in [1.807, 2.05) is 30.5 Å². The Labute approximate surface area is 148 Å². The van der Waals surface area contributed by atoms with Gasteiger partial charge in [0.15, 0.2) is 0 Å². The van der Waals surface area contributed by atoms with Crippen molar-refractivity contribution in [1.82, 2.24) is 24.3 Å². The van der Waals surface area contributed by atoms with Crippen molar-refractivity contribution in [3.63, 3.8) is 0 Å². The molecule has 7 nitrogen and oxygen atoms in total. The fourth-order valence-corrected chi connectivity index (χ4v) is 3.18. The van der Waals surface area contributed by atoms with Gasteiger partial charge in [-0.3, -0.25) is 9.78 Å². The molecule has 4 aromatic heterocycles. The van der Waals surface area contributed by atoms with E-state index < -0.39 is 0 Å². The SMILES string of the molecule is O=c1c2c(ccn1Cc1nc(-c3ccncc3)no1)ccn2CC1CC1. The van der Waals surface area contributed by atoms with E-state index in [-0.39, 0.29) is 12.1 Å². The van der Waals surface area contributed by atoms with Crippen molar-refractivity contribution in [2.75, 3.05) is 0 Å². The van der Waals surface area contributed by atoms with Gasteiger partial charge in [0.1, 0.15) is 12.1 Å². The first-order valence-corrected chi connectivity index (χ1v) is 8.69. The number of fused-ring (bicyclic) bond motifs is 1. The molecule has 26 heavy (non-hydrogen) atoms. The van der Waals surface area contributed by atoms with Crippen LogP contribution in [0.25, 0.3) is 22.3 Å². The van der Waals surface area contributed by atoms with Gasteiger partial charge in [0.2, 0.25) is 11.7 Å². The van der Waals surface area contributed by atoms with Gasteiger partial charge in [0.25, 0.3) is 5.56 Å². The maximum Gasteiger partial charge on any atom is 0.275 e. The zero-order valence-electron chi connectivity index (χ0n) is 14.1. The van der Waals surface area contributed by atoms with Gasteiger partial charge in [0.05, 0.1) is 0 Å². The molecule has 0 atom stereocenters. The van der Waals surface area contributed by atoms with Crippen LogP contribution in [0.2, 0.25) is 0 Å². The summed E-state index contributed by atoms with van der Waals surface area (Å²) in [6.07, 6.45) is 9.64. The van der Waals surface area contributed by atoms with Crippen molar-refractivity contribution >= 4 is 10.9 Å². The predicted molar refractivity (Wildman–Crippen MR) is 95.6 cm³/mol. The number of hydrogen-bond donors (Lipinski definition) is 0. The van der Waals surface area contributed by atoms with Gasteiger partial charge in [-0.25, -0.2) is 0 Å². The van der Waals surface area contributed by atoms with Crippen LogP contribution in [0, 0.1) is 5.92 Å². The first-order chi connectivity index (χ1) is 12.8. The summed E-state index contributed by atoms with van der Waals surface area (Å²) in [5.74, 6) is 1.60. The lowest BCUT2D eigenvalue weighted by atomic mass is 10.2. The van der Waals surface area contributed by atoms with E-state index in [0.29, 0.717) is 17.6 Å². The standard InChI is InChI=1S/C19H17N5O2/c25-19-17-14(5-9-23(17)11-13-1-2-13)6-10-24(19)12-16-21-18(22-26-16)15-3-7-20-8-4-15/h3-10,13H,1-2,11-12H2. The zero-order valence-corrected chi connectivity index (χ0v) is 14.1. The molecule has 4 aromatic rings.